The summed E-state index contributed by atoms with van der Waals surface area (Å²) < 4.78 is 43.3. The van der Waals surface area contributed by atoms with E-state index < -0.39 is 29.5 Å². The molecule has 2 aromatic rings. The Morgan fingerprint density at radius 3 is 2.62 bits per heavy atom. The highest BCUT2D eigenvalue weighted by Crippen LogP contribution is 2.36. The molecule has 1 atom stereocenters. The van der Waals surface area contributed by atoms with E-state index >= 15 is 0 Å². The van der Waals surface area contributed by atoms with Gasteiger partial charge in [0, 0.05) is 12.7 Å². The average molecular weight is 387 g/mol. The third-order valence-corrected chi connectivity index (χ3v) is 4.34. The zero-order chi connectivity index (χ0) is 18.9. The number of rotatable bonds is 3. The van der Waals surface area contributed by atoms with Gasteiger partial charge in [-0.1, -0.05) is 29.5 Å². The number of ether oxygens (including phenoxy) is 1. The number of halogens is 3. The minimum Gasteiger partial charge on any atom is -0.423 e. The molecule has 1 aromatic carbocycles. The molecule has 8 nitrogen and oxygen atoms in total. The van der Waals surface area contributed by atoms with Gasteiger partial charge in [0.1, 0.15) is 0 Å². The van der Waals surface area contributed by atoms with E-state index in [9.17, 15) is 22.8 Å². The highest BCUT2D eigenvalue weighted by molar-refractivity contribution is 7.15. The molecule has 0 aliphatic carbocycles. The van der Waals surface area contributed by atoms with Crippen molar-refractivity contribution in [3.63, 3.8) is 0 Å². The fraction of sp³-hybridized carbons (Fsp3) is 0.286. The first-order chi connectivity index (χ1) is 12.3. The molecule has 1 aromatic heterocycles. The van der Waals surface area contributed by atoms with Gasteiger partial charge in [-0.05, 0) is 12.1 Å². The van der Waals surface area contributed by atoms with Crippen LogP contribution in [0.3, 0.4) is 0 Å². The second-order valence-corrected chi connectivity index (χ2v) is 6.23. The summed E-state index contributed by atoms with van der Waals surface area (Å²) >= 11 is 0.197. The van der Waals surface area contributed by atoms with Gasteiger partial charge in [0.15, 0.2) is 0 Å². The van der Waals surface area contributed by atoms with Crippen LogP contribution in [0.25, 0.3) is 0 Å². The van der Waals surface area contributed by atoms with Crippen molar-refractivity contribution in [2.75, 3.05) is 23.8 Å². The van der Waals surface area contributed by atoms with E-state index in [0.29, 0.717) is 5.69 Å². The zero-order valence-corrected chi connectivity index (χ0v) is 14.0. The van der Waals surface area contributed by atoms with Crippen LogP contribution in [0.15, 0.2) is 30.3 Å². The number of hydrogen-bond acceptors (Lipinski definition) is 6. The normalized spacial score (nSPS) is 17.5. The number of anilines is 2. The van der Waals surface area contributed by atoms with E-state index in [4.69, 9.17) is 4.74 Å². The summed E-state index contributed by atoms with van der Waals surface area (Å²) in [6, 6.07) is 7.78. The van der Waals surface area contributed by atoms with Gasteiger partial charge in [-0.3, -0.25) is 5.32 Å². The van der Waals surface area contributed by atoms with Crippen LogP contribution < -0.4 is 10.2 Å². The molecule has 0 saturated carbocycles. The predicted octanol–water partition coefficient (Wildman–Crippen LogP) is 3.00. The maximum absolute atomic E-state index is 12.7. The minimum absolute atomic E-state index is 0.0258. The summed E-state index contributed by atoms with van der Waals surface area (Å²) in [6.45, 7) is -0.0258. The molecule has 1 fully saturated rings. The first kappa shape index (κ1) is 17.9. The maximum Gasteiger partial charge on any atom is 0.445 e. The van der Waals surface area contributed by atoms with Gasteiger partial charge in [-0.15, -0.1) is 10.2 Å². The maximum atomic E-state index is 12.7. The molecule has 2 heterocycles. The van der Waals surface area contributed by atoms with Crippen molar-refractivity contribution in [2.45, 2.75) is 12.4 Å². The van der Waals surface area contributed by atoms with Gasteiger partial charge in [0.25, 0.3) is 0 Å². The quantitative estimate of drug-likeness (QED) is 0.875. The highest BCUT2D eigenvalue weighted by atomic mass is 32.1. The molecule has 1 N–H and O–H groups in total. The first-order valence-corrected chi connectivity index (χ1v) is 8.05. The molecule has 0 bridgehead atoms. The number of urea groups is 1. The Bertz CT molecular complexity index is 814. The Balaban J connectivity index is 1.76. The van der Waals surface area contributed by atoms with E-state index in [2.05, 4.69) is 15.5 Å². The Morgan fingerprint density at radius 1 is 1.31 bits per heavy atom. The molecule has 12 heteroatoms. The van der Waals surface area contributed by atoms with Crippen molar-refractivity contribution in [1.29, 1.82) is 0 Å². The van der Waals surface area contributed by atoms with Gasteiger partial charge in [0.2, 0.25) is 16.4 Å². The van der Waals surface area contributed by atoms with Crippen LogP contribution in [0.5, 0.6) is 0 Å². The standard InChI is InChI=1S/C14H12F3N5O3S/c1-21-7-9(25-12(23)18-8-5-3-2-4-6-8)22(13(21)24)11-20-19-10(26-11)14(15,16)17/h2-6,9H,7H2,1H3,(H,18,23). The number of hydrogen-bond donors (Lipinski definition) is 1. The molecule has 3 amide bonds. The Hall–Kier alpha value is -2.89. The van der Waals surface area contributed by atoms with Crippen molar-refractivity contribution < 1.29 is 27.5 Å². The summed E-state index contributed by atoms with van der Waals surface area (Å²) in [5.41, 5.74) is 0.469. The van der Waals surface area contributed by atoms with E-state index in [1.54, 1.807) is 30.3 Å². The molecular formula is C14H12F3N5O3S. The number of para-hydroxylation sites is 1. The molecule has 1 unspecified atom stereocenters. The van der Waals surface area contributed by atoms with Crippen LogP contribution in [0.4, 0.5) is 33.6 Å². The lowest BCUT2D eigenvalue weighted by molar-refractivity contribution is -0.138. The van der Waals surface area contributed by atoms with Crippen molar-refractivity contribution >= 4 is 34.3 Å². The number of alkyl halides is 3. The lowest BCUT2D eigenvalue weighted by Gasteiger charge is -2.20. The van der Waals surface area contributed by atoms with Crippen molar-refractivity contribution in [1.82, 2.24) is 15.1 Å². The lowest BCUT2D eigenvalue weighted by atomic mass is 10.3. The fourth-order valence-electron chi connectivity index (χ4n) is 2.22. The third kappa shape index (κ3) is 3.69. The Morgan fingerprint density at radius 2 is 2.00 bits per heavy atom. The fourth-order valence-corrected chi connectivity index (χ4v) is 2.96. The van der Waals surface area contributed by atoms with Crippen molar-refractivity contribution in [2.24, 2.45) is 0 Å². The van der Waals surface area contributed by atoms with E-state index in [1.165, 1.54) is 11.9 Å². The molecule has 3 rings (SSSR count). The average Bonchev–Trinajstić information content (AvgIpc) is 3.14. The molecule has 26 heavy (non-hydrogen) atoms. The second-order valence-electron chi connectivity index (χ2n) is 5.27. The topological polar surface area (TPSA) is 87.7 Å². The smallest absolute Gasteiger partial charge is 0.423 e. The Labute approximate surface area is 149 Å². The van der Waals surface area contributed by atoms with Crippen molar-refractivity contribution in [3.05, 3.63) is 35.3 Å². The molecular weight excluding hydrogens is 375 g/mol. The molecule has 0 spiro atoms. The number of aromatic nitrogens is 2. The number of nitrogens with one attached hydrogen (secondary N) is 1. The number of nitrogens with zero attached hydrogens (tertiary/aromatic N) is 4. The number of carbonyl (C=O) groups excluding carboxylic acids is 2. The van der Waals surface area contributed by atoms with Gasteiger partial charge in [-0.25, -0.2) is 14.5 Å². The van der Waals surface area contributed by atoms with Crippen LogP contribution in [0.2, 0.25) is 0 Å². The van der Waals surface area contributed by atoms with Crippen LogP contribution in [-0.2, 0) is 10.9 Å². The van der Waals surface area contributed by atoms with E-state index in [0.717, 1.165) is 4.90 Å². The van der Waals surface area contributed by atoms with E-state index in [-0.39, 0.29) is 23.0 Å². The minimum atomic E-state index is -4.67. The van der Waals surface area contributed by atoms with Gasteiger partial charge >= 0.3 is 18.3 Å². The summed E-state index contributed by atoms with van der Waals surface area (Å²) in [5.74, 6) is 0. The zero-order valence-electron chi connectivity index (χ0n) is 13.2. The summed E-state index contributed by atoms with van der Waals surface area (Å²) in [5, 5.41) is 7.43. The van der Waals surface area contributed by atoms with Crippen LogP contribution in [0.1, 0.15) is 5.01 Å². The molecule has 0 radical (unpaired) electrons. The van der Waals surface area contributed by atoms with Crippen molar-refractivity contribution in [3.8, 4) is 0 Å². The van der Waals surface area contributed by atoms with Crippen LogP contribution >= 0.6 is 11.3 Å². The van der Waals surface area contributed by atoms with Crippen LogP contribution in [0, 0.1) is 0 Å². The highest BCUT2D eigenvalue weighted by Gasteiger charge is 2.43. The molecule has 1 aliphatic rings. The molecule has 138 valence electrons. The first-order valence-electron chi connectivity index (χ1n) is 7.23. The number of benzene rings is 1. The number of amides is 3. The summed E-state index contributed by atoms with van der Waals surface area (Å²) in [7, 11) is 1.43. The van der Waals surface area contributed by atoms with E-state index in [1.807, 2.05) is 0 Å². The third-order valence-electron chi connectivity index (χ3n) is 3.38. The SMILES string of the molecule is CN1CC(OC(=O)Nc2ccccc2)N(c2nnc(C(F)(F)F)s2)C1=O. The van der Waals surface area contributed by atoms with Gasteiger partial charge in [0.05, 0.1) is 6.54 Å². The van der Waals surface area contributed by atoms with Crippen LogP contribution in [-0.4, -0.2) is 47.0 Å². The molecule has 1 saturated heterocycles. The van der Waals surface area contributed by atoms with Gasteiger partial charge in [-0.2, -0.15) is 13.2 Å². The second kappa shape index (κ2) is 6.78. The van der Waals surface area contributed by atoms with Gasteiger partial charge < -0.3 is 9.64 Å². The summed E-state index contributed by atoms with van der Waals surface area (Å²) in [6.07, 6.45) is -6.66. The number of likely N-dealkylation sites (N-methyl/N-ethyl adjacent to an activating group) is 1. The lowest BCUT2D eigenvalue weighted by Crippen LogP contribution is -2.38. The Kier molecular flexibility index (Phi) is 4.68. The number of carbonyl (C=O) groups is 2. The summed E-state index contributed by atoms with van der Waals surface area (Å²) in [4.78, 5) is 26.3. The largest absolute Gasteiger partial charge is 0.445 e. The monoisotopic (exact) mass is 387 g/mol. The molecule has 1 aliphatic heterocycles. The predicted molar refractivity (Wildman–Crippen MR) is 85.7 cm³/mol.